The molecule has 0 radical (unpaired) electrons. The quantitative estimate of drug-likeness (QED) is 0.630. The fourth-order valence-corrected chi connectivity index (χ4v) is 6.06. The first-order valence-corrected chi connectivity index (χ1v) is 12.8. The van der Waals surface area contributed by atoms with Crippen molar-refractivity contribution in [1.29, 1.82) is 0 Å². The molecule has 2 aromatic rings. The van der Waals surface area contributed by atoms with Crippen LogP contribution in [0.4, 0.5) is 0 Å². The van der Waals surface area contributed by atoms with Crippen LogP contribution in [0, 0.1) is 11.8 Å². The fraction of sp³-hybridized carbons (Fsp3) is 0.571. The Kier molecular flexibility index (Phi) is 5.61. The summed E-state index contributed by atoms with van der Waals surface area (Å²) in [5.74, 6) is 2.37. The largest absolute Gasteiger partial charge is 0.492 e. The number of nitrogens with zero attached hydrogens (tertiary/aromatic N) is 3. The number of amides is 1. The van der Waals surface area contributed by atoms with Gasteiger partial charge in [-0.25, -0.2) is 4.98 Å². The Balaban J connectivity index is 1.07. The summed E-state index contributed by atoms with van der Waals surface area (Å²) in [6.07, 6.45) is 11.7. The molecule has 1 aromatic heterocycles. The average molecular weight is 446 g/mol. The van der Waals surface area contributed by atoms with E-state index in [-0.39, 0.29) is 11.9 Å². The predicted octanol–water partition coefficient (Wildman–Crippen LogP) is 4.48. The van der Waals surface area contributed by atoms with Gasteiger partial charge in [0.05, 0.1) is 12.8 Å². The minimum atomic E-state index is -0.00823. The van der Waals surface area contributed by atoms with Crippen molar-refractivity contribution < 1.29 is 9.53 Å². The molecule has 0 unspecified atom stereocenters. The van der Waals surface area contributed by atoms with Crippen molar-refractivity contribution in [3.8, 4) is 5.75 Å². The molecule has 1 amide bonds. The molecule has 1 aromatic carbocycles. The van der Waals surface area contributed by atoms with Gasteiger partial charge in [0, 0.05) is 32.2 Å². The average Bonchev–Trinajstić information content (AvgIpc) is 3.59. The molecule has 3 aliphatic carbocycles. The number of hydrogen-bond donors (Lipinski definition) is 0. The molecule has 33 heavy (non-hydrogen) atoms. The Morgan fingerprint density at radius 2 is 1.88 bits per heavy atom. The van der Waals surface area contributed by atoms with E-state index in [9.17, 15) is 4.79 Å². The van der Waals surface area contributed by atoms with Crippen molar-refractivity contribution in [3.05, 3.63) is 58.9 Å². The molecular weight excluding hydrogens is 410 g/mol. The van der Waals surface area contributed by atoms with E-state index in [0.717, 1.165) is 43.7 Å². The van der Waals surface area contributed by atoms with E-state index in [1.54, 1.807) is 12.3 Å². The van der Waals surface area contributed by atoms with Crippen LogP contribution in [0.3, 0.4) is 0 Å². The van der Waals surface area contributed by atoms with E-state index >= 15 is 0 Å². The van der Waals surface area contributed by atoms with Crippen LogP contribution in [-0.4, -0.2) is 53.0 Å². The third kappa shape index (κ3) is 4.52. The Hall–Kier alpha value is -2.40. The van der Waals surface area contributed by atoms with Gasteiger partial charge < -0.3 is 9.64 Å². The number of piperidine rings is 2. The Bertz CT molecular complexity index is 1010. The maximum Gasteiger partial charge on any atom is 0.272 e. The van der Waals surface area contributed by atoms with Crippen LogP contribution in [0.1, 0.15) is 65.7 Å². The lowest BCUT2D eigenvalue weighted by atomic mass is 9.80. The lowest BCUT2D eigenvalue weighted by Crippen LogP contribution is -2.47. The first kappa shape index (κ1) is 21.2. The summed E-state index contributed by atoms with van der Waals surface area (Å²) in [7, 11) is 1.92. The second-order valence-corrected chi connectivity index (χ2v) is 10.8. The molecule has 2 bridgehead atoms. The number of carbonyl (C=O) groups excluding carboxylic acids is 1. The lowest BCUT2D eigenvalue weighted by molar-refractivity contribution is 0.0426. The predicted molar refractivity (Wildman–Crippen MR) is 128 cm³/mol. The van der Waals surface area contributed by atoms with Gasteiger partial charge in [0.25, 0.3) is 5.91 Å². The SMILES string of the molecule is CN(C(=O)c1ccc(OCC2CC2)cn1)[C@@H]1Cc2ccc(CN3CC4CCC3CC4)cc2C1. The molecule has 5 nitrogen and oxygen atoms in total. The zero-order valence-electron chi connectivity index (χ0n) is 19.7. The van der Waals surface area contributed by atoms with Crippen LogP contribution in [0.15, 0.2) is 36.5 Å². The van der Waals surface area contributed by atoms with Gasteiger partial charge in [0.1, 0.15) is 11.4 Å². The second-order valence-electron chi connectivity index (χ2n) is 10.8. The summed E-state index contributed by atoms with van der Waals surface area (Å²) < 4.78 is 5.76. The van der Waals surface area contributed by atoms with E-state index < -0.39 is 0 Å². The topological polar surface area (TPSA) is 45.7 Å². The molecular formula is C28H35N3O2. The highest BCUT2D eigenvalue weighted by atomic mass is 16.5. The van der Waals surface area contributed by atoms with Gasteiger partial charge in [0.15, 0.2) is 0 Å². The molecule has 1 atom stereocenters. The number of likely N-dealkylation sites (N-methyl/N-ethyl adjacent to an activating group) is 1. The minimum Gasteiger partial charge on any atom is -0.492 e. The highest BCUT2D eigenvalue weighted by molar-refractivity contribution is 5.92. The van der Waals surface area contributed by atoms with E-state index in [1.807, 2.05) is 18.0 Å². The standard InChI is InChI=1S/C28H35N3O2/c1-30(28(32)27-11-10-26(15-29-27)33-18-20-2-3-20)25-13-22-7-4-21(12-23(22)14-25)17-31-16-19-5-8-24(31)9-6-19/h4,7,10-12,15,19-20,24-25H,2-3,5-6,8-9,13-14,16-18H2,1H3/t19?,24?,25-/m1/s1. The molecule has 2 aliphatic heterocycles. The molecule has 4 fully saturated rings. The number of pyridine rings is 1. The van der Waals surface area contributed by atoms with E-state index in [1.165, 1.54) is 61.8 Å². The third-order valence-corrected chi connectivity index (χ3v) is 8.40. The van der Waals surface area contributed by atoms with Crippen LogP contribution in [0.5, 0.6) is 5.75 Å². The van der Waals surface area contributed by atoms with Gasteiger partial charge >= 0.3 is 0 Å². The number of benzene rings is 1. The van der Waals surface area contributed by atoms with Crippen molar-refractivity contribution in [2.45, 2.75) is 70.0 Å². The zero-order valence-corrected chi connectivity index (χ0v) is 19.7. The van der Waals surface area contributed by atoms with Crippen molar-refractivity contribution in [3.63, 3.8) is 0 Å². The summed E-state index contributed by atoms with van der Waals surface area (Å²) in [5, 5.41) is 0. The third-order valence-electron chi connectivity index (χ3n) is 8.40. The lowest BCUT2D eigenvalue weighted by Gasteiger charge is -2.45. The summed E-state index contributed by atoms with van der Waals surface area (Å²) in [6, 6.07) is 11.7. The molecule has 2 saturated carbocycles. The first-order chi connectivity index (χ1) is 16.1. The number of rotatable bonds is 7. The molecule has 3 heterocycles. The van der Waals surface area contributed by atoms with Gasteiger partial charge in [-0.3, -0.25) is 9.69 Å². The van der Waals surface area contributed by atoms with Crippen molar-refractivity contribution in [2.24, 2.45) is 11.8 Å². The fourth-order valence-electron chi connectivity index (χ4n) is 6.06. The Labute approximate surface area is 197 Å². The summed E-state index contributed by atoms with van der Waals surface area (Å²) in [6.45, 7) is 3.11. The maximum absolute atomic E-state index is 13.1. The van der Waals surface area contributed by atoms with Crippen LogP contribution < -0.4 is 4.74 Å². The van der Waals surface area contributed by atoms with Gasteiger partial charge in [-0.05, 0) is 92.0 Å². The number of carbonyl (C=O) groups is 1. The molecule has 7 rings (SSSR count). The monoisotopic (exact) mass is 445 g/mol. The molecule has 174 valence electrons. The molecule has 0 N–H and O–H groups in total. The smallest absolute Gasteiger partial charge is 0.272 e. The van der Waals surface area contributed by atoms with Gasteiger partial charge in [-0.1, -0.05) is 18.2 Å². The normalized spacial score (nSPS) is 26.3. The minimum absolute atomic E-state index is 0.00823. The van der Waals surface area contributed by atoms with E-state index in [4.69, 9.17) is 4.74 Å². The van der Waals surface area contributed by atoms with Crippen molar-refractivity contribution >= 4 is 5.91 Å². The van der Waals surface area contributed by atoms with Crippen molar-refractivity contribution in [1.82, 2.24) is 14.8 Å². The van der Waals surface area contributed by atoms with Gasteiger partial charge in [0.2, 0.25) is 0 Å². The summed E-state index contributed by atoms with van der Waals surface area (Å²) in [5.41, 5.74) is 4.73. The van der Waals surface area contributed by atoms with Crippen LogP contribution >= 0.6 is 0 Å². The molecule has 5 aliphatic rings. The molecule has 5 heteroatoms. The number of ether oxygens (including phenoxy) is 1. The molecule has 0 spiro atoms. The zero-order chi connectivity index (χ0) is 22.4. The van der Waals surface area contributed by atoms with E-state index in [0.29, 0.717) is 11.6 Å². The highest BCUT2D eigenvalue weighted by Crippen LogP contribution is 2.36. The van der Waals surface area contributed by atoms with E-state index in [2.05, 4.69) is 28.1 Å². The maximum atomic E-state index is 13.1. The Morgan fingerprint density at radius 3 is 2.58 bits per heavy atom. The summed E-state index contributed by atoms with van der Waals surface area (Å²) in [4.78, 5) is 22.1. The first-order valence-electron chi connectivity index (χ1n) is 12.8. The van der Waals surface area contributed by atoms with Gasteiger partial charge in [-0.2, -0.15) is 0 Å². The second kappa shape index (κ2) is 8.75. The van der Waals surface area contributed by atoms with Crippen LogP contribution in [0.2, 0.25) is 0 Å². The van der Waals surface area contributed by atoms with Gasteiger partial charge in [-0.15, -0.1) is 0 Å². The molecule has 2 saturated heterocycles. The summed E-state index contributed by atoms with van der Waals surface area (Å²) >= 11 is 0. The number of hydrogen-bond acceptors (Lipinski definition) is 4. The van der Waals surface area contributed by atoms with Crippen molar-refractivity contribution in [2.75, 3.05) is 20.2 Å². The number of fused-ring (bicyclic) bond motifs is 4. The van der Waals surface area contributed by atoms with Crippen LogP contribution in [-0.2, 0) is 19.4 Å². The number of aromatic nitrogens is 1. The highest BCUT2D eigenvalue weighted by Gasteiger charge is 2.34. The van der Waals surface area contributed by atoms with Crippen LogP contribution in [0.25, 0.3) is 0 Å². The Morgan fingerprint density at radius 1 is 1.06 bits per heavy atom.